The van der Waals surface area contributed by atoms with Crippen molar-refractivity contribution in [1.82, 2.24) is 20.3 Å². The Kier molecular flexibility index (Phi) is 3.05. The molecule has 0 bridgehead atoms. The fourth-order valence-corrected chi connectivity index (χ4v) is 1.46. The molecule has 0 aliphatic carbocycles. The van der Waals surface area contributed by atoms with Gasteiger partial charge in [0.05, 0.1) is 12.1 Å². The van der Waals surface area contributed by atoms with Gasteiger partial charge >= 0.3 is 0 Å². The van der Waals surface area contributed by atoms with Crippen LogP contribution in [0.4, 0.5) is 5.82 Å². The standard InChI is InChI=1S/C11H17N5/c1-3-7(2)13-6-10-14-8-4-5-9(12)15-11(8)16-10/h4-5,7,13H,3,6H2,1-2H3,(H3,12,14,15,16). The highest BCUT2D eigenvalue weighted by atomic mass is 15.0. The summed E-state index contributed by atoms with van der Waals surface area (Å²) in [4.78, 5) is 11.7. The summed E-state index contributed by atoms with van der Waals surface area (Å²) < 4.78 is 0. The van der Waals surface area contributed by atoms with Crippen molar-refractivity contribution in [3.05, 3.63) is 18.0 Å². The van der Waals surface area contributed by atoms with Crippen LogP contribution in [0.2, 0.25) is 0 Å². The van der Waals surface area contributed by atoms with Gasteiger partial charge in [-0.25, -0.2) is 9.97 Å². The van der Waals surface area contributed by atoms with E-state index in [2.05, 4.69) is 34.1 Å². The summed E-state index contributed by atoms with van der Waals surface area (Å²) in [5.41, 5.74) is 7.20. The smallest absolute Gasteiger partial charge is 0.179 e. The molecule has 0 radical (unpaired) electrons. The molecule has 1 unspecified atom stereocenters. The second-order valence-electron chi connectivity index (χ2n) is 3.98. The van der Waals surface area contributed by atoms with Crippen LogP contribution in [0.5, 0.6) is 0 Å². The number of fused-ring (bicyclic) bond motifs is 1. The van der Waals surface area contributed by atoms with Crippen molar-refractivity contribution in [1.29, 1.82) is 0 Å². The zero-order valence-corrected chi connectivity index (χ0v) is 9.62. The molecule has 2 aromatic rings. The minimum absolute atomic E-state index is 0.492. The maximum absolute atomic E-state index is 5.60. The Balaban J connectivity index is 2.13. The van der Waals surface area contributed by atoms with E-state index in [1.807, 2.05) is 6.07 Å². The summed E-state index contributed by atoms with van der Waals surface area (Å²) in [7, 11) is 0. The molecule has 0 aliphatic heterocycles. The van der Waals surface area contributed by atoms with E-state index < -0.39 is 0 Å². The molecule has 5 nitrogen and oxygen atoms in total. The van der Waals surface area contributed by atoms with E-state index >= 15 is 0 Å². The van der Waals surface area contributed by atoms with E-state index in [0.29, 0.717) is 17.5 Å². The van der Waals surface area contributed by atoms with Crippen molar-refractivity contribution in [2.75, 3.05) is 5.73 Å². The monoisotopic (exact) mass is 219 g/mol. The summed E-state index contributed by atoms with van der Waals surface area (Å²) in [5, 5.41) is 3.37. The molecule has 4 N–H and O–H groups in total. The van der Waals surface area contributed by atoms with Gasteiger partial charge in [-0.2, -0.15) is 0 Å². The van der Waals surface area contributed by atoms with Gasteiger partial charge < -0.3 is 16.0 Å². The number of nitrogens with one attached hydrogen (secondary N) is 2. The normalized spacial score (nSPS) is 13.1. The van der Waals surface area contributed by atoms with Crippen molar-refractivity contribution in [2.24, 2.45) is 0 Å². The number of anilines is 1. The lowest BCUT2D eigenvalue weighted by atomic mass is 10.2. The third-order valence-electron chi connectivity index (χ3n) is 2.65. The van der Waals surface area contributed by atoms with Crippen LogP contribution in [0.3, 0.4) is 0 Å². The Hall–Kier alpha value is -1.62. The zero-order chi connectivity index (χ0) is 11.5. The lowest BCUT2D eigenvalue weighted by molar-refractivity contribution is 0.525. The van der Waals surface area contributed by atoms with Crippen LogP contribution in [0.1, 0.15) is 26.1 Å². The van der Waals surface area contributed by atoms with E-state index in [-0.39, 0.29) is 0 Å². The fraction of sp³-hybridized carbons (Fsp3) is 0.455. The Morgan fingerprint density at radius 1 is 1.44 bits per heavy atom. The molecule has 0 saturated carbocycles. The van der Waals surface area contributed by atoms with Crippen molar-refractivity contribution in [3.63, 3.8) is 0 Å². The fourth-order valence-electron chi connectivity index (χ4n) is 1.46. The number of hydrogen-bond acceptors (Lipinski definition) is 4. The summed E-state index contributed by atoms with van der Waals surface area (Å²) >= 11 is 0. The number of hydrogen-bond donors (Lipinski definition) is 3. The Labute approximate surface area is 94.5 Å². The summed E-state index contributed by atoms with van der Waals surface area (Å²) in [6.45, 7) is 5.03. The Bertz CT molecular complexity index is 476. The van der Waals surface area contributed by atoms with E-state index in [9.17, 15) is 0 Å². The molecule has 1 atom stereocenters. The lowest BCUT2D eigenvalue weighted by Crippen LogP contribution is -2.24. The molecule has 0 spiro atoms. The van der Waals surface area contributed by atoms with Crippen LogP contribution >= 0.6 is 0 Å². The van der Waals surface area contributed by atoms with E-state index in [1.165, 1.54) is 0 Å². The number of aromatic amines is 1. The molecule has 0 fully saturated rings. The molecule has 86 valence electrons. The number of aromatic nitrogens is 3. The largest absolute Gasteiger partial charge is 0.384 e. The molecule has 2 heterocycles. The van der Waals surface area contributed by atoms with Crippen LogP contribution in [0.15, 0.2) is 12.1 Å². The first-order valence-electron chi connectivity index (χ1n) is 5.53. The average Bonchev–Trinajstić information content (AvgIpc) is 2.67. The highest BCUT2D eigenvalue weighted by Gasteiger charge is 2.05. The molecule has 0 saturated heterocycles. The highest BCUT2D eigenvalue weighted by Crippen LogP contribution is 2.10. The molecular formula is C11H17N5. The quantitative estimate of drug-likeness (QED) is 0.726. The SMILES string of the molecule is CCC(C)NCc1nc2nc(N)ccc2[nH]1. The Morgan fingerprint density at radius 2 is 2.25 bits per heavy atom. The molecule has 16 heavy (non-hydrogen) atoms. The number of nitrogens with two attached hydrogens (primary N) is 1. The maximum Gasteiger partial charge on any atom is 0.179 e. The minimum Gasteiger partial charge on any atom is -0.384 e. The van der Waals surface area contributed by atoms with Gasteiger partial charge in [-0.1, -0.05) is 6.92 Å². The van der Waals surface area contributed by atoms with Crippen molar-refractivity contribution < 1.29 is 0 Å². The maximum atomic E-state index is 5.60. The molecule has 0 aliphatic rings. The van der Waals surface area contributed by atoms with Crippen molar-refractivity contribution in [3.8, 4) is 0 Å². The predicted molar refractivity (Wildman–Crippen MR) is 64.9 cm³/mol. The number of nitrogens with zero attached hydrogens (tertiary/aromatic N) is 2. The summed E-state index contributed by atoms with van der Waals surface area (Å²) in [6, 6.07) is 4.16. The van der Waals surface area contributed by atoms with Gasteiger partial charge in [-0.05, 0) is 25.5 Å². The second-order valence-corrected chi connectivity index (χ2v) is 3.98. The molecule has 5 heteroatoms. The number of rotatable bonds is 4. The van der Waals surface area contributed by atoms with Gasteiger partial charge in [0.25, 0.3) is 0 Å². The molecule has 2 rings (SSSR count). The highest BCUT2D eigenvalue weighted by molar-refractivity contribution is 5.72. The third-order valence-corrected chi connectivity index (χ3v) is 2.65. The Morgan fingerprint density at radius 3 is 3.00 bits per heavy atom. The third kappa shape index (κ3) is 2.30. The van der Waals surface area contributed by atoms with E-state index in [1.54, 1.807) is 6.07 Å². The molecule has 2 aromatic heterocycles. The van der Waals surface area contributed by atoms with Crippen molar-refractivity contribution >= 4 is 17.0 Å². The van der Waals surface area contributed by atoms with Crippen LogP contribution in [-0.2, 0) is 6.54 Å². The van der Waals surface area contributed by atoms with Gasteiger partial charge in [0.2, 0.25) is 0 Å². The number of H-pyrrole nitrogens is 1. The van der Waals surface area contributed by atoms with E-state index in [4.69, 9.17) is 5.73 Å². The van der Waals surface area contributed by atoms with Crippen LogP contribution in [-0.4, -0.2) is 21.0 Å². The first-order valence-corrected chi connectivity index (χ1v) is 5.53. The van der Waals surface area contributed by atoms with Gasteiger partial charge in [0.15, 0.2) is 5.65 Å². The first-order chi connectivity index (χ1) is 7.69. The van der Waals surface area contributed by atoms with Crippen molar-refractivity contribution in [2.45, 2.75) is 32.9 Å². The number of imidazole rings is 1. The number of pyridine rings is 1. The van der Waals surface area contributed by atoms with Gasteiger partial charge in [0, 0.05) is 6.04 Å². The predicted octanol–water partition coefficient (Wildman–Crippen LogP) is 1.43. The zero-order valence-electron chi connectivity index (χ0n) is 9.62. The molecule has 0 amide bonds. The van der Waals surface area contributed by atoms with E-state index in [0.717, 1.165) is 24.3 Å². The second kappa shape index (κ2) is 4.49. The van der Waals surface area contributed by atoms with Crippen LogP contribution < -0.4 is 11.1 Å². The summed E-state index contributed by atoms with van der Waals surface area (Å²) in [6.07, 6.45) is 1.10. The molecular weight excluding hydrogens is 202 g/mol. The summed E-state index contributed by atoms with van der Waals surface area (Å²) in [5.74, 6) is 1.40. The number of nitrogen functional groups attached to an aromatic ring is 1. The van der Waals surface area contributed by atoms with Crippen LogP contribution in [0.25, 0.3) is 11.2 Å². The van der Waals surface area contributed by atoms with Gasteiger partial charge in [0.1, 0.15) is 11.6 Å². The minimum atomic E-state index is 0.492. The topological polar surface area (TPSA) is 79.6 Å². The average molecular weight is 219 g/mol. The molecule has 0 aromatic carbocycles. The first kappa shape index (κ1) is 10.9. The van der Waals surface area contributed by atoms with Crippen LogP contribution in [0, 0.1) is 0 Å². The lowest BCUT2D eigenvalue weighted by Gasteiger charge is -2.08. The van der Waals surface area contributed by atoms with Gasteiger partial charge in [-0.15, -0.1) is 0 Å². The van der Waals surface area contributed by atoms with Gasteiger partial charge in [-0.3, -0.25) is 0 Å².